The second kappa shape index (κ2) is 9.04. The molecule has 0 aliphatic rings. The van der Waals surface area contributed by atoms with Crippen LogP contribution in [0.25, 0.3) is 11.3 Å². The van der Waals surface area contributed by atoms with Crippen molar-refractivity contribution in [2.45, 2.75) is 0 Å². The van der Waals surface area contributed by atoms with E-state index in [0.717, 1.165) is 24.3 Å². The molecule has 1 aromatic heterocycles. The molecule has 0 saturated carbocycles. The smallest absolute Gasteiger partial charge is 0.225 e. The van der Waals surface area contributed by atoms with E-state index in [4.69, 9.17) is 23.2 Å². The molecule has 140 valence electrons. The minimum atomic E-state index is 0.459. The third-order valence-corrected chi connectivity index (χ3v) is 4.67. The molecular weight excluding hydrogens is 381 g/mol. The summed E-state index contributed by atoms with van der Waals surface area (Å²) in [6.07, 6.45) is 0. The Balaban J connectivity index is 1.92. The van der Waals surface area contributed by atoms with Crippen LogP contribution in [0.4, 0.5) is 17.5 Å². The van der Waals surface area contributed by atoms with Crippen molar-refractivity contribution in [1.82, 2.24) is 14.9 Å². The molecule has 0 radical (unpaired) electrons. The lowest BCUT2D eigenvalue weighted by atomic mass is 10.1. The minimum absolute atomic E-state index is 0.459. The highest BCUT2D eigenvalue weighted by atomic mass is 35.5. The van der Waals surface area contributed by atoms with Crippen LogP contribution in [0.3, 0.4) is 0 Å². The van der Waals surface area contributed by atoms with Crippen LogP contribution in [-0.2, 0) is 0 Å². The maximum Gasteiger partial charge on any atom is 0.225 e. The van der Waals surface area contributed by atoms with Crippen LogP contribution in [0.15, 0.2) is 54.6 Å². The van der Waals surface area contributed by atoms with E-state index in [1.165, 1.54) is 0 Å². The van der Waals surface area contributed by atoms with E-state index < -0.39 is 0 Å². The third-order valence-electron chi connectivity index (χ3n) is 3.85. The van der Waals surface area contributed by atoms with Gasteiger partial charge in [0.15, 0.2) is 0 Å². The van der Waals surface area contributed by atoms with Gasteiger partial charge in [0, 0.05) is 24.7 Å². The molecule has 1 heterocycles. The minimum Gasteiger partial charge on any atom is -0.353 e. The van der Waals surface area contributed by atoms with Gasteiger partial charge in [-0.1, -0.05) is 59.6 Å². The van der Waals surface area contributed by atoms with Crippen LogP contribution in [-0.4, -0.2) is 42.1 Å². The van der Waals surface area contributed by atoms with Crippen LogP contribution in [0.5, 0.6) is 0 Å². The number of hydrogen-bond donors (Lipinski definition) is 2. The lowest BCUT2D eigenvalue weighted by Gasteiger charge is -2.14. The van der Waals surface area contributed by atoms with Gasteiger partial charge in [0.05, 0.1) is 21.4 Å². The highest BCUT2D eigenvalue weighted by Gasteiger charge is 2.10. The molecule has 7 heteroatoms. The van der Waals surface area contributed by atoms with Crippen molar-refractivity contribution in [3.05, 3.63) is 64.6 Å². The summed E-state index contributed by atoms with van der Waals surface area (Å²) in [5.74, 6) is 1.19. The van der Waals surface area contributed by atoms with Crippen molar-refractivity contribution in [3.8, 4) is 11.3 Å². The lowest BCUT2D eigenvalue weighted by molar-refractivity contribution is 0.425. The Labute approximate surface area is 169 Å². The summed E-state index contributed by atoms with van der Waals surface area (Å²) in [4.78, 5) is 11.3. The van der Waals surface area contributed by atoms with Gasteiger partial charge in [0.1, 0.15) is 5.82 Å². The number of rotatable bonds is 7. The Bertz CT molecular complexity index is 900. The van der Waals surface area contributed by atoms with Crippen LogP contribution >= 0.6 is 23.2 Å². The van der Waals surface area contributed by atoms with Crippen LogP contribution < -0.4 is 10.6 Å². The van der Waals surface area contributed by atoms with Crippen LogP contribution in [0.1, 0.15) is 0 Å². The van der Waals surface area contributed by atoms with Gasteiger partial charge >= 0.3 is 0 Å². The van der Waals surface area contributed by atoms with Crippen LogP contribution in [0.2, 0.25) is 10.0 Å². The van der Waals surface area contributed by atoms with Gasteiger partial charge in [-0.2, -0.15) is 4.98 Å². The van der Waals surface area contributed by atoms with E-state index in [0.29, 0.717) is 27.5 Å². The van der Waals surface area contributed by atoms with Gasteiger partial charge in [0.2, 0.25) is 5.95 Å². The van der Waals surface area contributed by atoms with E-state index in [-0.39, 0.29) is 0 Å². The monoisotopic (exact) mass is 401 g/mol. The first-order chi connectivity index (χ1) is 13.0. The first-order valence-corrected chi connectivity index (χ1v) is 9.32. The van der Waals surface area contributed by atoms with Crippen molar-refractivity contribution in [3.63, 3.8) is 0 Å². The largest absolute Gasteiger partial charge is 0.353 e. The fraction of sp³-hybridized carbons (Fsp3) is 0.200. The number of aromatic nitrogens is 2. The zero-order valence-corrected chi connectivity index (χ0v) is 16.7. The van der Waals surface area contributed by atoms with E-state index in [2.05, 4.69) is 25.5 Å². The maximum absolute atomic E-state index is 6.30. The molecule has 0 bridgehead atoms. The molecule has 3 rings (SSSR count). The lowest BCUT2D eigenvalue weighted by Crippen LogP contribution is -2.21. The average molecular weight is 402 g/mol. The van der Waals surface area contributed by atoms with Gasteiger partial charge in [-0.25, -0.2) is 4.98 Å². The van der Waals surface area contributed by atoms with Crippen molar-refractivity contribution >= 4 is 40.7 Å². The van der Waals surface area contributed by atoms with E-state index in [9.17, 15) is 0 Å². The number of benzene rings is 2. The van der Waals surface area contributed by atoms with Gasteiger partial charge in [-0.15, -0.1) is 0 Å². The number of likely N-dealkylation sites (N-methyl/N-ethyl adjacent to an activating group) is 1. The number of hydrogen-bond acceptors (Lipinski definition) is 5. The molecule has 0 aliphatic heterocycles. The molecule has 0 saturated heterocycles. The summed E-state index contributed by atoms with van der Waals surface area (Å²) in [6, 6.07) is 17.3. The Kier molecular flexibility index (Phi) is 6.50. The topological polar surface area (TPSA) is 53.1 Å². The number of anilines is 3. The fourth-order valence-electron chi connectivity index (χ4n) is 2.48. The van der Waals surface area contributed by atoms with Crippen molar-refractivity contribution in [1.29, 1.82) is 0 Å². The summed E-state index contributed by atoms with van der Waals surface area (Å²) in [6.45, 7) is 1.62. The van der Waals surface area contributed by atoms with Gasteiger partial charge in [0.25, 0.3) is 0 Å². The fourth-order valence-corrected chi connectivity index (χ4v) is 2.82. The molecule has 0 amide bonds. The quantitative estimate of drug-likeness (QED) is 0.571. The predicted molar refractivity (Wildman–Crippen MR) is 114 cm³/mol. The molecule has 0 atom stereocenters. The summed E-state index contributed by atoms with van der Waals surface area (Å²) in [5.41, 5.74) is 2.52. The first-order valence-electron chi connectivity index (χ1n) is 8.57. The summed E-state index contributed by atoms with van der Waals surface area (Å²) >= 11 is 12.4. The maximum atomic E-state index is 6.30. The van der Waals surface area contributed by atoms with Gasteiger partial charge in [-0.3, -0.25) is 0 Å². The normalized spacial score (nSPS) is 10.9. The Morgan fingerprint density at radius 1 is 0.963 bits per heavy atom. The highest BCUT2D eigenvalue weighted by molar-refractivity contribution is 6.43. The zero-order chi connectivity index (χ0) is 19.2. The predicted octanol–water partition coefficient (Wildman–Crippen LogP) is 5.17. The Morgan fingerprint density at radius 2 is 1.74 bits per heavy atom. The van der Waals surface area contributed by atoms with Gasteiger partial charge < -0.3 is 15.5 Å². The first kappa shape index (κ1) is 19.4. The summed E-state index contributed by atoms with van der Waals surface area (Å²) in [5, 5.41) is 7.47. The zero-order valence-electron chi connectivity index (χ0n) is 15.2. The molecule has 27 heavy (non-hydrogen) atoms. The van der Waals surface area contributed by atoms with E-state index in [1.54, 1.807) is 6.07 Å². The number of nitrogens with one attached hydrogen (secondary N) is 2. The molecule has 0 aliphatic carbocycles. The second-order valence-corrected chi connectivity index (χ2v) is 7.07. The highest BCUT2D eigenvalue weighted by Crippen LogP contribution is 2.32. The number of nitrogens with zero attached hydrogens (tertiary/aromatic N) is 3. The Morgan fingerprint density at radius 3 is 2.48 bits per heavy atom. The molecular formula is C20H21Cl2N5. The molecule has 0 fully saturated rings. The number of halogens is 2. The SMILES string of the molecule is CN(C)CCNc1nc(Nc2cccc(Cl)c2Cl)cc(-c2ccccc2)n1. The molecule has 2 aromatic carbocycles. The average Bonchev–Trinajstić information content (AvgIpc) is 2.66. The van der Waals surface area contributed by atoms with E-state index >= 15 is 0 Å². The third kappa shape index (κ3) is 5.32. The van der Waals surface area contributed by atoms with Crippen molar-refractivity contribution in [2.75, 3.05) is 37.8 Å². The van der Waals surface area contributed by atoms with Crippen molar-refractivity contribution < 1.29 is 0 Å². The standard InChI is InChI=1S/C20H21Cl2N5/c1-27(2)12-11-23-20-25-17(14-7-4-3-5-8-14)13-18(26-20)24-16-10-6-9-15(21)19(16)22/h3-10,13H,11-12H2,1-2H3,(H2,23,24,25,26). The van der Waals surface area contributed by atoms with E-state index in [1.807, 2.05) is 62.6 Å². The molecule has 5 nitrogen and oxygen atoms in total. The molecule has 2 N–H and O–H groups in total. The van der Waals surface area contributed by atoms with Crippen LogP contribution in [0, 0.1) is 0 Å². The summed E-state index contributed by atoms with van der Waals surface area (Å²) in [7, 11) is 4.05. The molecule has 3 aromatic rings. The second-order valence-electron chi connectivity index (χ2n) is 6.28. The Hall–Kier alpha value is -2.34. The van der Waals surface area contributed by atoms with Gasteiger partial charge in [-0.05, 0) is 26.2 Å². The molecule has 0 unspecified atom stereocenters. The molecule has 0 spiro atoms. The summed E-state index contributed by atoms with van der Waals surface area (Å²) < 4.78 is 0. The van der Waals surface area contributed by atoms with Crippen molar-refractivity contribution in [2.24, 2.45) is 0 Å².